The summed E-state index contributed by atoms with van der Waals surface area (Å²) in [5.74, 6) is -1.83. The third kappa shape index (κ3) is 3.28. The van der Waals surface area contributed by atoms with Gasteiger partial charge >= 0.3 is 0 Å². The van der Waals surface area contributed by atoms with Crippen molar-refractivity contribution >= 4 is 21.8 Å². The standard InChI is InChI=1S/C13H14BrF2NO/c14-8-1-4-10(5-2-8)17-13(18)11-7-9(15)3-6-12(11)16/h3,6-8,10H,1-2,4-5H2,(H,17,18). The van der Waals surface area contributed by atoms with Gasteiger partial charge in [0.15, 0.2) is 0 Å². The SMILES string of the molecule is O=C(NC1CCC(Br)CC1)c1cc(F)ccc1F. The molecule has 1 aliphatic rings. The largest absolute Gasteiger partial charge is 0.349 e. The first kappa shape index (κ1) is 13.5. The molecule has 0 aliphatic heterocycles. The van der Waals surface area contributed by atoms with Crippen LogP contribution in [0.3, 0.4) is 0 Å². The maximum atomic E-state index is 13.4. The second-order valence-corrected chi connectivity index (χ2v) is 5.84. The molecule has 1 fully saturated rings. The van der Waals surface area contributed by atoms with Crippen LogP contribution in [0.1, 0.15) is 36.0 Å². The molecule has 0 spiro atoms. The number of halogens is 3. The Balaban J connectivity index is 2.01. The first-order chi connectivity index (χ1) is 8.56. The summed E-state index contributed by atoms with van der Waals surface area (Å²) in [6.07, 6.45) is 3.68. The molecule has 1 amide bonds. The van der Waals surface area contributed by atoms with Gasteiger partial charge in [0.2, 0.25) is 0 Å². The Morgan fingerprint density at radius 2 is 1.89 bits per heavy atom. The lowest BCUT2D eigenvalue weighted by Gasteiger charge is -2.26. The average molecular weight is 318 g/mol. The van der Waals surface area contributed by atoms with Crippen molar-refractivity contribution < 1.29 is 13.6 Å². The van der Waals surface area contributed by atoms with E-state index in [0.29, 0.717) is 4.83 Å². The molecule has 0 bridgehead atoms. The van der Waals surface area contributed by atoms with E-state index in [-0.39, 0.29) is 11.6 Å². The zero-order valence-corrected chi connectivity index (χ0v) is 11.3. The molecule has 0 aromatic heterocycles. The maximum absolute atomic E-state index is 13.4. The van der Waals surface area contributed by atoms with Crippen molar-refractivity contribution in [2.24, 2.45) is 0 Å². The molecule has 1 aromatic carbocycles. The first-order valence-corrected chi connectivity index (χ1v) is 6.88. The van der Waals surface area contributed by atoms with E-state index in [1.54, 1.807) is 0 Å². The quantitative estimate of drug-likeness (QED) is 0.832. The van der Waals surface area contributed by atoms with Crippen molar-refractivity contribution in [2.75, 3.05) is 0 Å². The van der Waals surface area contributed by atoms with Crippen molar-refractivity contribution in [3.63, 3.8) is 0 Å². The zero-order valence-electron chi connectivity index (χ0n) is 9.76. The maximum Gasteiger partial charge on any atom is 0.254 e. The first-order valence-electron chi connectivity index (χ1n) is 5.96. The second kappa shape index (κ2) is 5.78. The van der Waals surface area contributed by atoms with E-state index >= 15 is 0 Å². The summed E-state index contributed by atoms with van der Waals surface area (Å²) < 4.78 is 26.4. The lowest BCUT2D eigenvalue weighted by Crippen LogP contribution is -2.38. The van der Waals surface area contributed by atoms with Gasteiger partial charge in [0, 0.05) is 10.9 Å². The Bertz CT molecular complexity index is 445. The van der Waals surface area contributed by atoms with E-state index in [0.717, 1.165) is 43.9 Å². The Morgan fingerprint density at radius 3 is 2.56 bits per heavy atom. The highest BCUT2D eigenvalue weighted by Crippen LogP contribution is 2.24. The summed E-state index contributed by atoms with van der Waals surface area (Å²) >= 11 is 3.53. The van der Waals surface area contributed by atoms with Crippen molar-refractivity contribution in [3.8, 4) is 0 Å². The monoisotopic (exact) mass is 317 g/mol. The summed E-state index contributed by atoms with van der Waals surface area (Å²) in [6.45, 7) is 0. The fourth-order valence-electron chi connectivity index (χ4n) is 2.13. The van der Waals surface area contributed by atoms with Crippen molar-refractivity contribution in [3.05, 3.63) is 35.4 Å². The highest BCUT2D eigenvalue weighted by atomic mass is 79.9. The predicted octanol–water partition coefficient (Wildman–Crippen LogP) is 3.40. The summed E-state index contributed by atoms with van der Waals surface area (Å²) in [4.78, 5) is 12.3. The summed E-state index contributed by atoms with van der Waals surface area (Å²) in [7, 11) is 0. The lowest BCUT2D eigenvalue weighted by molar-refractivity contribution is 0.0923. The number of carbonyl (C=O) groups excluding carboxylic acids is 1. The number of nitrogens with one attached hydrogen (secondary N) is 1. The van der Waals surface area contributed by atoms with E-state index in [9.17, 15) is 13.6 Å². The van der Waals surface area contributed by atoms with Gasteiger partial charge in [0.25, 0.3) is 5.91 Å². The van der Waals surface area contributed by atoms with Crippen LogP contribution < -0.4 is 5.32 Å². The van der Waals surface area contributed by atoms with Crippen LogP contribution in [0.2, 0.25) is 0 Å². The molecule has 5 heteroatoms. The van der Waals surface area contributed by atoms with E-state index in [1.807, 2.05) is 0 Å². The molecule has 18 heavy (non-hydrogen) atoms. The molecule has 0 saturated heterocycles. The molecule has 0 heterocycles. The molecular formula is C13H14BrF2NO. The van der Waals surface area contributed by atoms with Gasteiger partial charge in [-0.3, -0.25) is 4.79 Å². The molecule has 0 unspecified atom stereocenters. The number of amides is 1. The molecular weight excluding hydrogens is 304 g/mol. The summed E-state index contributed by atoms with van der Waals surface area (Å²) in [6, 6.07) is 2.96. The van der Waals surface area contributed by atoms with Gasteiger partial charge in [-0.1, -0.05) is 15.9 Å². The van der Waals surface area contributed by atoms with Gasteiger partial charge in [-0.25, -0.2) is 8.78 Å². The molecule has 98 valence electrons. The smallest absolute Gasteiger partial charge is 0.254 e. The van der Waals surface area contributed by atoms with E-state index in [1.165, 1.54) is 0 Å². The second-order valence-electron chi connectivity index (χ2n) is 4.55. The molecule has 1 aliphatic carbocycles. The van der Waals surface area contributed by atoms with Crippen LogP contribution in [-0.2, 0) is 0 Å². The van der Waals surface area contributed by atoms with Crippen LogP contribution >= 0.6 is 15.9 Å². The van der Waals surface area contributed by atoms with Gasteiger partial charge in [-0.05, 0) is 43.9 Å². The van der Waals surface area contributed by atoms with Crippen molar-refractivity contribution in [2.45, 2.75) is 36.6 Å². The van der Waals surface area contributed by atoms with Crippen LogP contribution in [0, 0.1) is 11.6 Å². The van der Waals surface area contributed by atoms with Gasteiger partial charge in [-0.15, -0.1) is 0 Å². The minimum Gasteiger partial charge on any atom is -0.349 e. The van der Waals surface area contributed by atoms with E-state index in [4.69, 9.17) is 0 Å². The molecule has 2 nitrogen and oxygen atoms in total. The Morgan fingerprint density at radius 1 is 1.22 bits per heavy atom. The van der Waals surface area contributed by atoms with E-state index < -0.39 is 17.5 Å². The van der Waals surface area contributed by atoms with Gasteiger partial charge in [0.1, 0.15) is 11.6 Å². The fraction of sp³-hybridized carbons (Fsp3) is 0.462. The molecule has 2 rings (SSSR count). The number of rotatable bonds is 2. The van der Waals surface area contributed by atoms with Crippen LogP contribution in [0.25, 0.3) is 0 Å². The van der Waals surface area contributed by atoms with Crippen LogP contribution in [0.4, 0.5) is 8.78 Å². The van der Waals surface area contributed by atoms with Crippen molar-refractivity contribution in [1.82, 2.24) is 5.32 Å². The number of hydrogen-bond acceptors (Lipinski definition) is 1. The van der Waals surface area contributed by atoms with Gasteiger partial charge in [0.05, 0.1) is 5.56 Å². The number of carbonyl (C=O) groups is 1. The minimum atomic E-state index is -0.692. The lowest BCUT2D eigenvalue weighted by atomic mass is 9.95. The van der Waals surface area contributed by atoms with Crippen LogP contribution in [0.15, 0.2) is 18.2 Å². The third-order valence-corrected chi connectivity index (χ3v) is 4.08. The highest BCUT2D eigenvalue weighted by molar-refractivity contribution is 9.09. The highest BCUT2D eigenvalue weighted by Gasteiger charge is 2.22. The van der Waals surface area contributed by atoms with Crippen LogP contribution in [-0.4, -0.2) is 16.8 Å². The minimum absolute atomic E-state index is 0.0500. The normalized spacial score (nSPS) is 23.7. The topological polar surface area (TPSA) is 29.1 Å². The average Bonchev–Trinajstić information content (AvgIpc) is 2.35. The molecule has 1 saturated carbocycles. The summed E-state index contributed by atoms with van der Waals surface area (Å²) in [5.41, 5.74) is -0.226. The number of benzene rings is 1. The van der Waals surface area contributed by atoms with Crippen LogP contribution in [0.5, 0.6) is 0 Å². The third-order valence-electron chi connectivity index (χ3n) is 3.16. The number of alkyl halides is 1. The predicted molar refractivity (Wildman–Crippen MR) is 68.8 cm³/mol. The Labute approximate surface area is 113 Å². The van der Waals surface area contributed by atoms with Gasteiger partial charge in [-0.2, -0.15) is 0 Å². The number of hydrogen-bond donors (Lipinski definition) is 1. The molecule has 1 N–H and O–H groups in total. The fourth-order valence-corrected chi connectivity index (χ4v) is 2.66. The Hall–Kier alpha value is -0.970. The molecule has 0 atom stereocenters. The van der Waals surface area contributed by atoms with Gasteiger partial charge < -0.3 is 5.32 Å². The summed E-state index contributed by atoms with van der Waals surface area (Å²) in [5, 5.41) is 2.76. The zero-order chi connectivity index (χ0) is 13.1. The van der Waals surface area contributed by atoms with Crippen molar-refractivity contribution in [1.29, 1.82) is 0 Å². The van der Waals surface area contributed by atoms with E-state index in [2.05, 4.69) is 21.2 Å². The Kier molecular flexibility index (Phi) is 4.32. The molecule has 1 aromatic rings. The molecule has 0 radical (unpaired) electrons.